The first-order valence-corrected chi connectivity index (χ1v) is 12.5. The van der Waals surface area contributed by atoms with Crippen molar-refractivity contribution >= 4 is 18.1 Å². The lowest BCUT2D eigenvalue weighted by atomic mass is 10.0. The van der Waals surface area contributed by atoms with E-state index < -0.39 is 0 Å². The Bertz CT molecular complexity index is 440. The summed E-state index contributed by atoms with van der Waals surface area (Å²) in [6, 6.07) is 9.06. The summed E-state index contributed by atoms with van der Waals surface area (Å²) in [7, 11) is 4.21. The highest BCUT2D eigenvalue weighted by Crippen LogP contribution is 2.16. The van der Waals surface area contributed by atoms with Gasteiger partial charge in [-0.15, -0.1) is 12.4 Å². The predicted octanol–water partition coefficient (Wildman–Crippen LogP) is 9.37. The van der Waals surface area contributed by atoms with Gasteiger partial charge in [-0.05, 0) is 30.5 Å². The van der Waals surface area contributed by atoms with Crippen LogP contribution in [0.15, 0.2) is 24.3 Å². The summed E-state index contributed by atoms with van der Waals surface area (Å²) in [6.45, 7) is 2.30. The number of aryl methyl sites for hydroxylation is 1. The van der Waals surface area contributed by atoms with E-state index in [0.29, 0.717) is 0 Å². The molecule has 0 bridgehead atoms. The van der Waals surface area contributed by atoms with Gasteiger partial charge in [0.15, 0.2) is 0 Å². The zero-order chi connectivity index (χ0) is 20.3. The Morgan fingerprint density at radius 2 is 0.862 bits per heavy atom. The molecule has 0 aliphatic carbocycles. The van der Waals surface area contributed by atoms with Gasteiger partial charge in [-0.1, -0.05) is 122 Å². The molecule has 1 aromatic rings. The second kappa shape index (κ2) is 20.6. The van der Waals surface area contributed by atoms with E-state index in [1.165, 1.54) is 127 Å². The van der Waals surface area contributed by atoms with Crippen molar-refractivity contribution in [1.82, 2.24) is 0 Å². The standard InChI is InChI=1S/C27H49N.ClH/c1-4-5-6-7-8-9-10-11-12-13-14-15-16-17-18-19-20-21-26-22-24-27(25-23-26)28(2)3;/h22-25H,4-21H2,1-3H3;1H. The lowest BCUT2D eigenvalue weighted by Crippen LogP contribution is -2.08. The third-order valence-electron chi connectivity index (χ3n) is 6.02. The number of hydrogen-bond acceptors (Lipinski definition) is 1. The van der Waals surface area contributed by atoms with Crippen molar-refractivity contribution in [3.8, 4) is 0 Å². The van der Waals surface area contributed by atoms with Gasteiger partial charge in [-0.25, -0.2) is 0 Å². The Labute approximate surface area is 189 Å². The lowest BCUT2D eigenvalue weighted by Gasteiger charge is -2.12. The Kier molecular flexibility index (Phi) is 20.1. The number of hydrogen-bond donors (Lipinski definition) is 0. The summed E-state index contributed by atoms with van der Waals surface area (Å²) in [6.07, 6.45) is 25.8. The maximum absolute atomic E-state index is 2.30. The molecule has 170 valence electrons. The van der Waals surface area contributed by atoms with E-state index >= 15 is 0 Å². The second-order valence-corrected chi connectivity index (χ2v) is 8.97. The summed E-state index contributed by atoms with van der Waals surface area (Å²) < 4.78 is 0. The molecule has 1 nitrogen and oxygen atoms in total. The molecule has 0 aliphatic rings. The van der Waals surface area contributed by atoms with E-state index in [-0.39, 0.29) is 12.4 Å². The topological polar surface area (TPSA) is 3.24 Å². The first kappa shape index (κ1) is 28.3. The number of halogens is 1. The van der Waals surface area contributed by atoms with Crippen LogP contribution in [0.3, 0.4) is 0 Å². The number of nitrogens with zero attached hydrogens (tertiary/aromatic N) is 1. The van der Waals surface area contributed by atoms with E-state index in [9.17, 15) is 0 Å². The van der Waals surface area contributed by atoms with Crippen LogP contribution in [0.1, 0.15) is 122 Å². The van der Waals surface area contributed by atoms with E-state index in [0.717, 1.165) is 0 Å². The van der Waals surface area contributed by atoms with Gasteiger partial charge >= 0.3 is 0 Å². The van der Waals surface area contributed by atoms with E-state index in [1.807, 2.05) is 0 Å². The molecule has 0 heterocycles. The van der Waals surface area contributed by atoms with Crippen LogP contribution in [-0.4, -0.2) is 14.1 Å². The molecule has 1 aromatic carbocycles. The van der Waals surface area contributed by atoms with E-state index in [2.05, 4.69) is 50.2 Å². The van der Waals surface area contributed by atoms with Gasteiger partial charge in [0.2, 0.25) is 0 Å². The second-order valence-electron chi connectivity index (χ2n) is 8.97. The molecule has 0 fully saturated rings. The molecule has 29 heavy (non-hydrogen) atoms. The molecule has 2 heteroatoms. The van der Waals surface area contributed by atoms with Gasteiger partial charge in [-0.3, -0.25) is 0 Å². The van der Waals surface area contributed by atoms with Crippen LogP contribution in [0.4, 0.5) is 5.69 Å². The third kappa shape index (κ3) is 16.8. The first-order valence-electron chi connectivity index (χ1n) is 12.5. The van der Waals surface area contributed by atoms with Crippen LogP contribution >= 0.6 is 12.4 Å². The maximum Gasteiger partial charge on any atom is 0.0361 e. The summed E-state index contributed by atoms with van der Waals surface area (Å²) in [5, 5.41) is 0. The average molecular weight is 424 g/mol. The van der Waals surface area contributed by atoms with E-state index in [4.69, 9.17) is 0 Å². The van der Waals surface area contributed by atoms with E-state index in [1.54, 1.807) is 0 Å². The number of rotatable bonds is 19. The molecule has 0 atom stereocenters. The van der Waals surface area contributed by atoms with Crippen LogP contribution in [-0.2, 0) is 6.42 Å². The summed E-state index contributed by atoms with van der Waals surface area (Å²) in [5.41, 5.74) is 2.79. The molecule has 0 amide bonds. The van der Waals surface area contributed by atoms with Crippen molar-refractivity contribution in [3.05, 3.63) is 29.8 Å². The number of unbranched alkanes of at least 4 members (excludes halogenated alkanes) is 16. The predicted molar refractivity (Wildman–Crippen MR) is 136 cm³/mol. The molecular weight excluding hydrogens is 374 g/mol. The van der Waals surface area contributed by atoms with Crippen molar-refractivity contribution < 1.29 is 0 Å². The molecule has 0 saturated carbocycles. The van der Waals surface area contributed by atoms with Crippen LogP contribution < -0.4 is 4.90 Å². The van der Waals surface area contributed by atoms with Gasteiger partial charge in [0.25, 0.3) is 0 Å². The first-order chi connectivity index (χ1) is 13.7. The SMILES string of the molecule is CCCCCCCCCCCCCCCCCCCc1ccc(N(C)C)cc1.Cl. The fourth-order valence-corrected chi connectivity index (χ4v) is 4.01. The Morgan fingerprint density at radius 3 is 1.21 bits per heavy atom. The van der Waals surface area contributed by atoms with Crippen molar-refractivity contribution in [2.45, 2.75) is 122 Å². The normalized spacial score (nSPS) is 10.7. The Balaban J connectivity index is 0.00000784. The van der Waals surface area contributed by atoms with Gasteiger partial charge < -0.3 is 4.90 Å². The van der Waals surface area contributed by atoms with Crippen LogP contribution in [0.5, 0.6) is 0 Å². The minimum absolute atomic E-state index is 0. The zero-order valence-electron chi connectivity index (χ0n) is 19.9. The molecular formula is C27H50ClN. The minimum atomic E-state index is 0. The van der Waals surface area contributed by atoms with Crippen molar-refractivity contribution in [1.29, 1.82) is 0 Å². The highest BCUT2D eigenvalue weighted by molar-refractivity contribution is 5.85. The molecule has 0 spiro atoms. The van der Waals surface area contributed by atoms with Crippen molar-refractivity contribution in [2.75, 3.05) is 19.0 Å². The molecule has 0 saturated heterocycles. The summed E-state index contributed by atoms with van der Waals surface area (Å²) in [5.74, 6) is 0. The monoisotopic (exact) mass is 423 g/mol. The average Bonchev–Trinajstić information content (AvgIpc) is 2.70. The third-order valence-corrected chi connectivity index (χ3v) is 6.02. The fourth-order valence-electron chi connectivity index (χ4n) is 4.01. The molecule has 0 N–H and O–H groups in total. The molecule has 0 aliphatic heterocycles. The minimum Gasteiger partial charge on any atom is -0.378 e. The molecule has 0 radical (unpaired) electrons. The Morgan fingerprint density at radius 1 is 0.517 bits per heavy atom. The van der Waals surface area contributed by atoms with Crippen LogP contribution in [0.25, 0.3) is 0 Å². The maximum atomic E-state index is 2.30. The fraction of sp³-hybridized carbons (Fsp3) is 0.778. The lowest BCUT2D eigenvalue weighted by molar-refractivity contribution is 0.527. The number of anilines is 1. The smallest absolute Gasteiger partial charge is 0.0361 e. The van der Waals surface area contributed by atoms with Crippen molar-refractivity contribution in [3.63, 3.8) is 0 Å². The highest BCUT2D eigenvalue weighted by Gasteiger charge is 1.98. The molecule has 0 unspecified atom stereocenters. The largest absolute Gasteiger partial charge is 0.378 e. The quantitative estimate of drug-likeness (QED) is 0.200. The van der Waals surface area contributed by atoms with Gasteiger partial charge in [0, 0.05) is 19.8 Å². The van der Waals surface area contributed by atoms with Gasteiger partial charge in [-0.2, -0.15) is 0 Å². The Hall–Kier alpha value is -0.690. The summed E-state index contributed by atoms with van der Waals surface area (Å²) in [4.78, 5) is 2.17. The molecule has 1 rings (SSSR count). The van der Waals surface area contributed by atoms with Crippen molar-refractivity contribution in [2.24, 2.45) is 0 Å². The molecule has 0 aromatic heterocycles. The van der Waals surface area contributed by atoms with Crippen LogP contribution in [0.2, 0.25) is 0 Å². The highest BCUT2D eigenvalue weighted by atomic mass is 35.5. The van der Waals surface area contributed by atoms with Gasteiger partial charge in [0.05, 0.1) is 0 Å². The zero-order valence-corrected chi connectivity index (χ0v) is 20.7. The number of benzene rings is 1. The van der Waals surface area contributed by atoms with Crippen LogP contribution in [0, 0.1) is 0 Å². The summed E-state index contributed by atoms with van der Waals surface area (Å²) >= 11 is 0. The van der Waals surface area contributed by atoms with Gasteiger partial charge in [0.1, 0.15) is 0 Å².